The summed E-state index contributed by atoms with van der Waals surface area (Å²) in [6.45, 7) is -0.262. The van der Waals surface area contributed by atoms with Crippen molar-refractivity contribution in [2.24, 2.45) is 0 Å². The molecule has 3 aromatic carbocycles. The highest BCUT2D eigenvalue weighted by molar-refractivity contribution is 6.42. The van der Waals surface area contributed by atoms with E-state index in [1.165, 1.54) is 31.4 Å². The Morgan fingerprint density at radius 2 is 1.72 bits per heavy atom. The topological polar surface area (TPSA) is 114 Å². The van der Waals surface area contributed by atoms with Crippen molar-refractivity contribution in [2.45, 2.75) is 0 Å². The number of amides is 5. The molecule has 0 unspecified atom stereocenters. The zero-order chi connectivity index (χ0) is 25.7. The van der Waals surface area contributed by atoms with Gasteiger partial charge in [0.1, 0.15) is 5.57 Å². The zero-order valence-electron chi connectivity index (χ0n) is 19.0. The molecular formula is C26H20ClN3O6. The molecule has 9 nitrogen and oxygen atoms in total. The van der Waals surface area contributed by atoms with Crippen molar-refractivity contribution in [1.82, 2.24) is 5.32 Å². The fourth-order valence-corrected chi connectivity index (χ4v) is 3.65. The molecule has 0 saturated carbocycles. The molecule has 1 aliphatic rings. The van der Waals surface area contributed by atoms with E-state index in [0.29, 0.717) is 11.3 Å². The Balaban J connectivity index is 1.53. The number of nitrogens with zero attached hydrogens (tertiary/aromatic N) is 1. The first-order chi connectivity index (χ1) is 17.4. The molecule has 3 aromatic rings. The minimum absolute atomic E-state index is 0.148. The predicted octanol–water partition coefficient (Wildman–Crippen LogP) is 4.03. The van der Waals surface area contributed by atoms with E-state index in [2.05, 4.69) is 10.6 Å². The smallest absolute Gasteiger partial charge is 0.335 e. The van der Waals surface area contributed by atoms with Crippen molar-refractivity contribution in [3.63, 3.8) is 0 Å². The van der Waals surface area contributed by atoms with Gasteiger partial charge < -0.3 is 14.8 Å². The third-order valence-corrected chi connectivity index (χ3v) is 5.43. The van der Waals surface area contributed by atoms with Crippen molar-refractivity contribution in [1.29, 1.82) is 0 Å². The van der Waals surface area contributed by atoms with Crippen LogP contribution in [0.15, 0.2) is 78.4 Å². The van der Waals surface area contributed by atoms with E-state index in [4.69, 9.17) is 21.1 Å². The predicted molar refractivity (Wildman–Crippen MR) is 134 cm³/mol. The van der Waals surface area contributed by atoms with Gasteiger partial charge in [0.15, 0.2) is 18.1 Å². The van der Waals surface area contributed by atoms with Gasteiger partial charge in [0.05, 0.1) is 17.8 Å². The maximum absolute atomic E-state index is 13.1. The van der Waals surface area contributed by atoms with Crippen LogP contribution in [0.1, 0.15) is 5.56 Å². The number of ether oxygens (including phenoxy) is 2. The molecule has 10 heteroatoms. The van der Waals surface area contributed by atoms with Crippen LogP contribution < -0.4 is 25.0 Å². The summed E-state index contributed by atoms with van der Waals surface area (Å²) < 4.78 is 10.9. The standard InChI is InChI=1S/C26H20ClN3O6/c1-35-22-14-16(11-12-21(22)36-15-23(31)28-17-7-3-2-4-8-17)13-18-24(32)29-26(34)30(25(18)33)20-10-6-5-9-19(20)27/h2-14H,15H2,1H3,(H,28,31)(H,29,32,34)/b18-13+. The minimum Gasteiger partial charge on any atom is -0.493 e. The van der Waals surface area contributed by atoms with Crippen LogP contribution in [0.3, 0.4) is 0 Å². The number of carbonyl (C=O) groups excluding carboxylic acids is 4. The highest BCUT2D eigenvalue weighted by Crippen LogP contribution is 2.31. The third-order valence-electron chi connectivity index (χ3n) is 5.11. The van der Waals surface area contributed by atoms with Crippen LogP contribution in [0.2, 0.25) is 5.02 Å². The van der Waals surface area contributed by atoms with Crippen LogP contribution >= 0.6 is 11.6 Å². The summed E-state index contributed by atoms with van der Waals surface area (Å²) in [5, 5.41) is 5.04. The van der Waals surface area contributed by atoms with E-state index in [9.17, 15) is 19.2 Å². The first-order valence-corrected chi connectivity index (χ1v) is 11.1. The largest absolute Gasteiger partial charge is 0.493 e. The van der Waals surface area contributed by atoms with Crippen LogP contribution in [0.5, 0.6) is 11.5 Å². The van der Waals surface area contributed by atoms with E-state index in [1.54, 1.807) is 48.5 Å². The Bertz CT molecular complexity index is 1370. The van der Waals surface area contributed by atoms with E-state index >= 15 is 0 Å². The molecule has 5 amide bonds. The molecule has 182 valence electrons. The molecule has 1 saturated heterocycles. The van der Waals surface area contributed by atoms with Gasteiger partial charge in [-0.25, -0.2) is 9.69 Å². The van der Waals surface area contributed by atoms with Crippen molar-refractivity contribution >= 4 is 52.8 Å². The van der Waals surface area contributed by atoms with Gasteiger partial charge in [-0.2, -0.15) is 0 Å². The molecule has 1 aliphatic heterocycles. The second-order valence-electron chi connectivity index (χ2n) is 7.52. The van der Waals surface area contributed by atoms with Crippen molar-refractivity contribution in [3.8, 4) is 11.5 Å². The Hall–Kier alpha value is -4.63. The number of urea groups is 1. The number of anilines is 2. The van der Waals surface area contributed by atoms with Crippen LogP contribution in [0.4, 0.5) is 16.2 Å². The summed E-state index contributed by atoms with van der Waals surface area (Å²) in [5.41, 5.74) is 0.947. The van der Waals surface area contributed by atoms with Crippen molar-refractivity contribution in [3.05, 3.63) is 89.0 Å². The molecule has 0 atom stereocenters. The molecule has 0 radical (unpaired) electrons. The molecule has 0 spiro atoms. The zero-order valence-corrected chi connectivity index (χ0v) is 19.7. The number of nitrogens with one attached hydrogen (secondary N) is 2. The molecule has 4 rings (SSSR count). The van der Waals surface area contributed by atoms with Gasteiger partial charge in [-0.1, -0.05) is 48.0 Å². The quantitative estimate of drug-likeness (QED) is 0.370. The van der Waals surface area contributed by atoms with Crippen molar-refractivity contribution < 1.29 is 28.7 Å². The lowest BCUT2D eigenvalue weighted by atomic mass is 10.1. The molecule has 0 aromatic heterocycles. The molecule has 36 heavy (non-hydrogen) atoms. The molecule has 2 N–H and O–H groups in total. The Labute approximate surface area is 211 Å². The molecule has 1 fully saturated rings. The number of benzene rings is 3. The highest BCUT2D eigenvalue weighted by Gasteiger charge is 2.37. The first-order valence-electron chi connectivity index (χ1n) is 10.7. The second-order valence-corrected chi connectivity index (χ2v) is 7.93. The van der Waals surface area contributed by atoms with Gasteiger partial charge in [0.25, 0.3) is 17.7 Å². The van der Waals surface area contributed by atoms with Gasteiger partial charge >= 0.3 is 6.03 Å². The summed E-state index contributed by atoms with van der Waals surface area (Å²) in [7, 11) is 1.42. The van der Waals surface area contributed by atoms with Crippen molar-refractivity contribution in [2.75, 3.05) is 23.9 Å². The van der Waals surface area contributed by atoms with Gasteiger partial charge in [-0.3, -0.25) is 19.7 Å². The van der Waals surface area contributed by atoms with E-state index in [-0.39, 0.29) is 40.3 Å². The maximum Gasteiger partial charge on any atom is 0.335 e. The SMILES string of the molecule is COc1cc(/C=C2\C(=O)NC(=O)N(c3ccccc3Cl)C2=O)ccc1OCC(=O)Nc1ccccc1. The van der Waals surface area contributed by atoms with E-state index < -0.39 is 17.8 Å². The number of hydrogen-bond donors (Lipinski definition) is 2. The fraction of sp³-hybridized carbons (Fsp3) is 0.0769. The van der Waals surface area contributed by atoms with Crippen LogP contribution in [0.25, 0.3) is 6.08 Å². The van der Waals surface area contributed by atoms with Crippen LogP contribution in [0, 0.1) is 0 Å². The van der Waals surface area contributed by atoms with Gasteiger partial charge in [0, 0.05) is 5.69 Å². The number of rotatable bonds is 7. The Kier molecular flexibility index (Phi) is 7.31. The lowest BCUT2D eigenvalue weighted by Crippen LogP contribution is -2.54. The lowest BCUT2D eigenvalue weighted by Gasteiger charge is -2.27. The lowest BCUT2D eigenvalue weighted by molar-refractivity contribution is -0.122. The summed E-state index contributed by atoms with van der Waals surface area (Å²) >= 11 is 6.15. The van der Waals surface area contributed by atoms with Gasteiger partial charge in [0.2, 0.25) is 0 Å². The molecular weight excluding hydrogens is 486 g/mol. The Morgan fingerprint density at radius 1 is 1.00 bits per heavy atom. The maximum atomic E-state index is 13.1. The number of methoxy groups -OCH3 is 1. The summed E-state index contributed by atoms with van der Waals surface area (Å²) in [6, 6.07) is 19.0. The monoisotopic (exact) mass is 505 g/mol. The highest BCUT2D eigenvalue weighted by atomic mass is 35.5. The molecule has 1 heterocycles. The fourth-order valence-electron chi connectivity index (χ4n) is 3.43. The summed E-state index contributed by atoms with van der Waals surface area (Å²) in [4.78, 5) is 50.9. The second kappa shape index (κ2) is 10.7. The number of carbonyl (C=O) groups is 4. The van der Waals surface area contributed by atoms with Gasteiger partial charge in [-0.15, -0.1) is 0 Å². The van der Waals surface area contributed by atoms with E-state index in [0.717, 1.165) is 4.90 Å². The number of para-hydroxylation sites is 2. The minimum atomic E-state index is -0.898. The molecule has 0 aliphatic carbocycles. The number of hydrogen-bond acceptors (Lipinski definition) is 6. The first kappa shape index (κ1) is 24.5. The third kappa shape index (κ3) is 5.37. The van der Waals surface area contributed by atoms with Crippen LogP contribution in [-0.2, 0) is 14.4 Å². The summed E-state index contributed by atoms with van der Waals surface area (Å²) in [6.07, 6.45) is 1.32. The average molecular weight is 506 g/mol. The molecule has 0 bridgehead atoms. The number of halogens is 1. The average Bonchev–Trinajstić information content (AvgIpc) is 2.87. The summed E-state index contributed by atoms with van der Waals surface area (Å²) in [5.74, 6) is -1.46. The number of imide groups is 2. The number of barbiturate groups is 1. The normalized spacial score (nSPS) is 14.4. The van der Waals surface area contributed by atoms with Gasteiger partial charge in [-0.05, 0) is 48.0 Å². The van der Waals surface area contributed by atoms with Crippen LogP contribution in [-0.4, -0.2) is 37.5 Å². The Morgan fingerprint density at radius 3 is 2.44 bits per heavy atom. The van der Waals surface area contributed by atoms with E-state index in [1.807, 2.05) is 6.07 Å².